The number of nitrogens with zero attached hydrogens (tertiary/aromatic N) is 1. The van der Waals surface area contributed by atoms with Crippen molar-refractivity contribution in [2.45, 2.75) is 70.4 Å². The summed E-state index contributed by atoms with van der Waals surface area (Å²) in [5.41, 5.74) is 6.11. The van der Waals surface area contributed by atoms with Crippen LogP contribution in [0.25, 0.3) is 0 Å². The van der Waals surface area contributed by atoms with E-state index in [-0.39, 0.29) is 11.9 Å². The van der Waals surface area contributed by atoms with Crippen molar-refractivity contribution >= 4 is 5.91 Å². The smallest absolute Gasteiger partial charge is 0.239 e. The zero-order chi connectivity index (χ0) is 14.3. The topological polar surface area (TPSA) is 46.3 Å². The van der Waals surface area contributed by atoms with Crippen LogP contribution in [0, 0.1) is 23.7 Å². The lowest BCUT2D eigenvalue weighted by Gasteiger charge is -2.56. The summed E-state index contributed by atoms with van der Waals surface area (Å²) in [6, 6.07) is 0.208. The molecule has 1 atom stereocenters. The quantitative estimate of drug-likeness (QED) is 0.840. The molecule has 4 rings (SSSR count). The Morgan fingerprint density at radius 1 is 1.15 bits per heavy atom. The van der Waals surface area contributed by atoms with Crippen LogP contribution < -0.4 is 5.73 Å². The lowest BCUT2D eigenvalue weighted by molar-refractivity contribution is -0.142. The largest absolute Gasteiger partial charge is 0.341 e. The standard InChI is InChI=1S/C17H30N2O/c1-3-4-5-15(18)17(20)19(2)16-13-7-11-6-12(9-13)10-14(16)8-11/h11-16H,3-10,18H2,1-2H3/t11?,12?,13?,14?,15-,16?/m0/s1. The van der Waals surface area contributed by atoms with Crippen molar-refractivity contribution in [1.82, 2.24) is 4.90 Å². The van der Waals surface area contributed by atoms with Gasteiger partial charge in [-0.3, -0.25) is 4.79 Å². The van der Waals surface area contributed by atoms with Crippen LogP contribution in [-0.2, 0) is 4.79 Å². The number of likely N-dealkylation sites (N-methyl/N-ethyl adjacent to an activating group) is 1. The zero-order valence-corrected chi connectivity index (χ0v) is 13.1. The van der Waals surface area contributed by atoms with Gasteiger partial charge in [-0.1, -0.05) is 19.8 Å². The highest BCUT2D eigenvalue weighted by Gasteiger charge is 2.50. The van der Waals surface area contributed by atoms with Gasteiger partial charge in [-0.2, -0.15) is 0 Å². The summed E-state index contributed by atoms with van der Waals surface area (Å²) in [5.74, 6) is 3.64. The summed E-state index contributed by atoms with van der Waals surface area (Å²) in [6.45, 7) is 2.15. The van der Waals surface area contributed by atoms with Gasteiger partial charge in [0.2, 0.25) is 5.91 Å². The Morgan fingerprint density at radius 2 is 1.70 bits per heavy atom. The SMILES string of the molecule is CCCC[C@H](N)C(=O)N(C)C1C2CC3CC(C2)CC1C3. The van der Waals surface area contributed by atoms with Crippen LogP contribution in [0.5, 0.6) is 0 Å². The molecule has 4 saturated carbocycles. The van der Waals surface area contributed by atoms with Crippen LogP contribution in [0.2, 0.25) is 0 Å². The first-order chi connectivity index (χ1) is 9.60. The van der Waals surface area contributed by atoms with Gasteiger partial charge in [-0.05, 0) is 62.2 Å². The summed E-state index contributed by atoms with van der Waals surface area (Å²) in [5, 5.41) is 0. The second-order valence-electron chi connectivity index (χ2n) is 7.62. The van der Waals surface area contributed by atoms with Crippen molar-refractivity contribution in [3.05, 3.63) is 0 Å². The second-order valence-corrected chi connectivity index (χ2v) is 7.62. The van der Waals surface area contributed by atoms with Crippen LogP contribution >= 0.6 is 0 Å². The molecule has 114 valence electrons. The van der Waals surface area contributed by atoms with E-state index >= 15 is 0 Å². The van der Waals surface area contributed by atoms with E-state index in [1.54, 1.807) is 0 Å². The third-order valence-electron chi connectivity index (χ3n) is 6.16. The van der Waals surface area contributed by atoms with E-state index < -0.39 is 0 Å². The van der Waals surface area contributed by atoms with Gasteiger partial charge in [0.1, 0.15) is 0 Å². The summed E-state index contributed by atoms with van der Waals surface area (Å²) in [4.78, 5) is 14.6. The fraction of sp³-hybridized carbons (Fsp3) is 0.941. The number of rotatable bonds is 5. The first-order valence-electron chi connectivity index (χ1n) is 8.62. The lowest BCUT2D eigenvalue weighted by atomic mass is 9.54. The highest BCUT2D eigenvalue weighted by atomic mass is 16.2. The van der Waals surface area contributed by atoms with Gasteiger partial charge in [0.05, 0.1) is 6.04 Å². The maximum Gasteiger partial charge on any atom is 0.239 e. The maximum atomic E-state index is 12.6. The van der Waals surface area contributed by atoms with Crippen molar-refractivity contribution in [2.24, 2.45) is 29.4 Å². The predicted octanol–water partition coefficient (Wildman–Crippen LogP) is 2.79. The molecular formula is C17H30N2O. The van der Waals surface area contributed by atoms with Crippen LogP contribution in [0.3, 0.4) is 0 Å². The minimum Gasteiger partial charge on any atom is -0.341 e. The van der Waals surface area contributed by atoms with E-state index in [0.717, 1.165) is 42.9 Å². The first-order valence-corrected chi connectivity index (χ1v) is 8.62. The van der Waals surface area contributed by atoms with Crippen LogP contribution in [0.4, 0.5) is 0 Å². The monoisotopic (exact) mass is 278 g/mol. The molecule has 20 heavy (non-hydrogen) atoms. The van der Waals surface area contributed by atoms with Crippen LogP contribution in [-0.4, -0.2) is 29.9 Å². The highest BCUT2D eigenvalue weighted by molar-refractivity contribution is 5.81. The fourth-order valence-corrected chi connectivity index (χ4v) is 5.48. The maximum absolute atomic E-state index is 12.6. The number of unbranched alkanes of at least 4 members (excludes halogenated alkanes) is 1. The Labute approximate surface area is 123 Å². The first kappa shape index (κ1) is 14.4. The molecule has 0 aromatic carbocycles. The molecule has 0 aromatic rings. The molecule has 4 fully saturated rings. The number of amides is 1. The van der Waals surface area contributed by atoms with E-state index in [2.05, 4.69) is 6.92 Å². The van der Waals surface area contributed by atoms with Gasteiger partial charge in [0.15, 0.2) is 0 Å². The van der Waals surface area contributed by atoms with Gasteiger partial charge >= 0.3 is 0 Å². The van der Waals surface area contributed by atoms with Gasteiger partial charge in [-0.25, -0.2) is 0 Å². The molecule has 0 aliphatic heterocycles. The molecule has 3 nitrogen and oxygen atoms in total. The average molecular weight is 278 g/mol. The molecule has 4 bridgehead atoms. The molecule has 0 saturated heterocycles. The average Bonchev–Trinajstić information content (AvgIpc) is 2.42. The van der Waals surface area contributed by atoms with Crippen molar-refractivity contribution in [1.29, 1.82) is 0 Å². The Morgan fingerprint density at radius 3 is 2.20 bits per heavy atom. The molecule has 0 unspecified atom stereocenters. The summed E-state index contributed by atoms with van der Waals surface area (Å²) < 4.78 is 0. The lowest BCUT2D eigenvalue weighted by Crippen LogP contribution is -2.58. The predicted molar refractivity (Wildman–Crippen MR) is 81.1 cm³/mol. The van der Waals surface area contributed by atoms with Gasteiger partial charge in [0.25, 0.3) is 0 Å². The van der Waals surface area contributed by atoms with Gasteiger partial charge in [-0.15, -0.1) is 0 Å². The van der Waals surface area contributed by atoms with E-state index in [0.29, 0.717) is 6.04 Å². The van der Waals surface area contributed by atoms with Crippen molar-refractivity contribution in [3.8, 4) is 0 Å². The number of carbonyl (C=O) groups excluding carboxylic acids is 1. The minimum absolute atomic E-state index is 0.191. The van der Waals surface area contributed by atoms with Gasteiger partial charge in [0, 0.05) is 13.1 Å². The van der Waals surface area contributed by atoms with Crippen molar-refractivity contribution in [3.63, 3.8) is 0 Å². The zero-order valence-electron chi connectivity index (χ0n) is 13.1. The Kier molecular flexibility index (Phi) is 4.07. The summed E-state index contributed by atoms with van der Waals surface area (Å²) in [7, 11) is 2.01. The fourth-order valence-electron chi connectivity index (χ4n) is 5.48. The van der Waals surface area contributed by atoms with Crippen molar-refractivity contribution in [2.75, 3.05) is 7.05 Å². The molecule has 4 aliphatic rings. The molecule has 0 radical (unpaired) electrons. The Balaban J connectivity index is 1.65. The number of nitrogens with two attached hydrogens (primary N) is 1. The molecule has 0 aromatic heterocycles. The van der Waals surface area contributed by atoms with E-state index in [1.165, 1.54) is 32.1 Å². The third-order valence-corrected chi connectivity index (χ3v) is 6.16. The van der Waals surface area contributed by atoms with Crippen LogP contribution in [0.15, 0.2) is 0 Å². The van der Waals surface area contributed by atoms with E-state index in [1.807, 2.05) is 11.9 Å². The molecule has 1 amide bonds. The van der Waals surface area contributed by atoms with E-state index in [9.17, 15) is 4.79 Å². The van der Waals surface area contributed by atoms with E-state index in [4.69, 9.17) is 5.73 Å². The van der Waals surface area contributed by atoms with Gasteiger partial charge < -0.3 is 10.6 Å². The molecular weight excluding hydrogens is 248 g/mol. The summed E-state index contributed by atoms with van der Waals surface area (Å²) >= 11 is 0. The number of hydrogen-bond donors (Lipinski definition) is 1. The number of hydrogen-bond acceptors (Lipinski definition) is 2. The molecule has 0 heterocycles. The second kappa shape index (κ2) is 5.67. The molecule has 2 N–H and O–H groups in total. The minimum atomic E-state index is -0.280. The summed E-state index contributed by atoms with van der Waals surface area (Å²) in [6.07, 6.45) is 9.92. The normalized spacial score (nSPS) is 39.9. The Hall–Kier alpha value is -0.570. The highest BCUT2D eigenvalue weighted by Crippen LogP contribution is 2.54. The van der Waals surface area contributed by atoms with Crippen LogP contribution in [0.1, 0.15) is 58.3 Å². The molecule has 4 aliphatic carbocycles. The Bertz CT molecular complexity index is 340. The molecule has 3 heteroatoms. The van der Waals surface area contributed by atoms with Crippen molar-refractivity contribution < 1.29 is 4.79 Å². The number of carbonyl (C=O) groups is 1. The third kappa shape index (κ3) is 2.49. The molecule has 0 spiro atoms.